The van der Waals surface area contributed by atoms with Crippen LogP contribution in [0.25, 0.3) is 0 Å². The SMILES string of the molecule is Cc1cccc(N2CCN(S(=O)(=O)c3ccc(S(C)(=O)=O)cc3)CC2)c1. The van der Waals surface area contributed by atoms with Crippen LogP contribution in [0.15, 0.2) is 58.3 Å². The second-order valence-electron chi connectivity index (χ2n) is 6.47. The van der Waals surface area contributed by atoms with Crippen LogP contribution in [-0.4, -0.2) is 53.6 Å². The first-order chi connectivity index (χ1) is 12.2. The fraction of sp³-hybridized carbons (Fsp3) is 0.333. The first-order valence-corrected chi connectivity index (χ1v) is 11.6. The predicted octanol–water partition coefficient (Wildman–Crippen LogP) is 1.91. The molecule has 1 heterocycles. The van der Waals surface area contributed by atoms with E-state index in [9.17, 15) is 16.8 Å². The van der Waals surface area contributed by atoms with Crippen molar-refractivity contribution in [1.82, 2.24) is 4.31 Å². The number of piperazine rings is 1. The lowest BCUT2D eigenvalue weighted by atomic mass is 10.2. The number of aryl methyl sites for hydroxylation is 1. The molecular formula is C18H22N2O4S2. The molecule has 26 heavy (non-hydrogen) atoms. The fourth-order valence-corrected chi connectivity index (χ4v) is 5.07. The quantitative estimate of drug-likeness (QED) is 0.792. The van der Waals surface area contributed by atoms with Crippen LogP contribution in [0.2, 0.25) is 0 Å². The van der Waals surface area contributed by atoms with E-state index in [-0.39, 0.29) is 9.79 Å². The molecule has 1 fully saturated rings. The molecule has 0 bridgehead atoms. The molecule has 3 rings (SSSR count). The number of benzene rings is 2. The van der Waals surface area contributed by atoms with Crippen LogP contribution >= 0.6 is 0 Å². The number of sulfonamides is 1. The fourth-order valence-electron chi connectivity index (χ4n) is 3.02. The second kappa shape index (κ2) is 7.02. The molecule has 8 heteroatoms. The Balaban J connectivity index is 1.74. The van der Waals surface area contributed by atoms with Gasteiger partial charge in [0.05, 0.1) is 9.79 Å². The molecule has 0 atom stereocenters. The Morgan fingerprint density at radius 1 is 0.808 bits per heavy atom. The third-order valence-corrected chi connectivity index (χ3v) is 7.54. The van der Waals surface area contributed by atoms with E-state index in [4.69, 9.17) is 0 Å². The molecule has 0 saturated carbocycles. The van der Waals surface area contributed by atoms with Crippen LogP contribution < -0.4 is 4.90 Å². The normalized spacial score (nSPS) is 16.6. The number of sulfone groups is 1. The van der Waals surface area contributed by atoms with Crippen LogP contribution in [0.1, 0.15) is 5.56 Å². The number of rotatable bonds is 4. The summed E-state index contributed by atoms with van der Waals surface area (Å²) in [5.74, 6) is 0. The zero-order valence-electron chi connectivity index (χ0n) is 14.8. The molecule has 140 valence electrons. The minimum absolute atomic E-state index is 0.112. The highest BCUT2D eigenvalue weighted by atomic mass is 32.2. The van der Waals surface area contributed by atoms with E-state index in [1.807, 2.05) is 25.1 Å². The number of hydrogen-bond acceptors (Lipinski definition) is 5. The van der Waals surface area contributed by atoms with Gasteiger partial charge in [0.15, 0.2) is 9.84 Å². The monoisotopic (exact) mass is 394 g/mol. The number of hydrogen-bond donors (Lipinski definition) is 0. The molecule has 0 aliphatic carbocycles. The van der Waals surface area contributed by atoms with Crippen molar-refractivity contribution in [3.63, 3.8) is 0 Å². The van der Waals surface area contributed by atoms with Gasteiger partial charge in [0.25, 0.3) is 0 Å². The lowest BCUT2D eigenvalue weighted by Crippen LogP contribution is -2.48. The summed E-state index contributed by atoms with van der Waals surface area (Å²) in [7, 11) is -6.97. The van der Waals surface area contributed by atoms with Crippen LogP contribution in [-0.2, 0) is 19.9 Å². The second-order valence-corrected chi connectivity index (χ2v) is 10.4. The van der Waals surface area contributed by atoms with Crippen molar-refractivity contribution in [2.24, 2.45) is 0 Å². The molecule has 0 aromatic heterocycles. The predicted molar refractivity (Wildman–Crippen MR) is 102 cm³/mol. The van der Waals surface area contributed by atoms with Crippen molar-refractivity contribution in [1.29, 1.82) is 0 Å². The largest absolute Gasteiger partial charge is 0.369 e. The first-order valence-electron chi connectivity index (χ1n) is 8.30. The average Bonchev–Trinajstić information content (AvgIpc) is 2.61. The van der Waals surface area contributed by atoms with Gasteiger partial charge in [-0.25, -0.2) is 16.8 Å². The van der Waals surface area contributed by atoms with Gasteiger partial charge in [-0.1, -0.05) is 12.1 Å². The molecule has 1 aliphatic heterocycles. The maximum Gasteiger partial charge on any atom is 0.243 e. The van der Waals surface area contributed by atoms with E-state index in [2.05, 4.69) is 11.0 Å². The highest BCUT2D eigenvalue weighted by Gasteiger charge is 2.28. The summed E-state index contributed by atoms with van der Waals surface area (Å²) in [6.45, 7) is 4.05. The van der Waals surface area contributed by atoms with Gasteiger partial charge in [-0.05, 0) is 48.9 Å². The van der Waals surface area contributed by atoms with Crippen molar-refractivity contribution in [2.75, 3.05) is 37.3 Å². The lowest BCUT2D eigenvalue weighted by molar-refractivity contribution is 0.385. The molecule has 0 N–H and O–H groups in total. The van der Waals surface area contributed by atoms with Gasteiger partial charge < -0.3 is 4.90 Å². The van der Waals surface area contributed by atoms with E-state index < -0.39 is 19.9 Å². The van der Waals surface area contributed by atoms with Gasteiger partial charge in [-0.15, -0.1) is 0 Å². The minimum atomic E-state index is -3.63. The van der Waals surface area contributed by atoms with Crippen LogP contribution in [0.3, 0.4) is 0 Å². The molecular weight excluding hydrogens is 372 g/mol. The summed E-state index contributed by atoms with van der Waals surface area (Å²) in [4.78, 5) is 2.40. The molecule has 2 aromatic carbocycles. The maximum atomic E-state index is 12.8. The zero-order valence-corrected chi connectivity index (χ0v) is 16.4. The Hall–Kier alpha value is -1.90. The summed E-state index contributed by atoms with van der Waals surface area (Å²) >= 11 is 0. The topological polar surface area (TPSA) is 74.8 Å². The summed E-state index contributed by atoms with van der Waals surface area (Å²) in [6, 6.07) is 13.5. The van der Waals surface area contributed by atoms with E-state index in [0.717, 1.165) is 11.9 Å². The van der Waals surface area contributed by atoms with Crippen molar-refractivity contribution in [2.45, 2.75) is 16.7 Å². The number of anilines is 1. The molecule has 0 unspecified atom stereocenters. The third kappa shape index (κ3) is 3.92. The summed E-state index contributed by atoms with van der Waals surface area (Å²) < 4.78 is 50.1. The first kappa shape index (κ1) is 18.9. The highest BCUT2D eigenvalue weighted by molar-refractivity contribution is 7.90. The van der Waals surface area contributed by atoms with Crippen molar-refractivity contribution in [3.8, 4) is 0 Å². The molecule has 0 spiro atoms. The van der Waals surface area contributed by atoms with Gasteiger partial charge in [0.1, 0.15) is 0 Å². The van der Waals surface area contributed by atoms with Crippen LogP contribution in [0.5, 0.6) is 0 Å². The van der Waals surface area contributed by atoms with E-state index in [1.54, 1.807) is 0 Å². The average molecular weight is 395 g/mol. The van der Waals surface area contributed by atoms with Crippen molar-refractivity contribution < 1.29 is 16.8 Å². The highest BCUT2D eigenvalue weighted by Crippen LogP contribution is 2.22. The van der Waals surface area contributed by atoms with Gasteiger partial charge in [0, 0.05) is 38.1 Å². The van der Waals surface area contributed by atoms with E-state index >= 15 is 0 Å². The molecule has 2 aromatic rings. The molecule has 6 nitrogen and oxygen atoms in total. The van der Waals surface area contributed by atoms with Crippen LogP contribution in [0, 0.1) is 6.92 Å². The van der Waals surface area contributed by atoms with Gasteiger partial charge in [0.2, 0.25) is 10.0 Å². The van der Waals surface area contributed by atoms with Crippen molar-refractivity contribution in [3.05, 3.63) is 54.1 Å². The maximum absolute atomic E-state index is 12.8. The lowest BCUT2D eigenvalue weighted by Gasteiger charge is -2.35. The Bertz CT molecular complexity index is 992. The summed E-state index contributed by atoms with van der Waals surface area (Å²) in [5, 5.41) is 0. The standard InChI is InChI=1S/C18H22N2O4S2/c1-15-4-3-5-16(14-15)19-10-12-20(13-11-19)26(23,24)18-8-6-17(7-9-18)25(2,21)22/h3-9,14H,10-13H2,1-2H3. The molecule has 1 aliphatic rings. The molecule has 0 amide bonds. The zero-order chi connectivity index (χ0) is 18.9. The number of nitrogens with zero attached hydrogens (tertiary/aromatic N) is 2. The Kier molecular flexibility index (Phi) is 5.09. The van der Waals surface area contributed by atoms with Crippen molar-refractivity contribution >= 4 is 25.5 Å². The Labute approximate surface area is 155 Å². The molecule has 0 radical (unpaired) electrons. The van der Waals surface area contributed by atoms with Gasteiger partial charge in [-0.3, -0.25) is 0 Å². The third-order valence-electron chi connectivity index (χ3n) is 4.50. The smallest absolute Gasteiger partial charge is 0.243 e. The summed E-state index contributed by atoms with van der Waals surface area (Å²) in [6.07, 6.45) is 1.10. The Morgan fingerprint density at radius 2 is 1.38 bits per heavy atom. The Morgan fingerprint density at radius 3 is 1.92 bits per heavy atom. The van der Waals surface area contributed by atoms with Crippen LogP contribution in [0.4, 0.5) is 5.69 Å². The minimum Gasteiger partial charge on any atom is -0.369 e. The van der Waals surface area contributed by atoms with E-state index in [1.165, 1.54) is 34.1 Å². The summed E-state index contributed by atoms with van der Waals surface area (Å²) in [5.41, 5.74) is 2.27. The van der Waals surface area contributed by atoms with Gasteiger partial charge in [-0.2, -0.15) is 4.31 Å². The van der Waals surface area contributed by atoms with E-state index in [0.29, 0.717) is 26.2 Å². The van der Waals surface area contributed by atoms with Gasteiger partial charge >= 0.3 is 0 Å². The molecule has 1 saturated heterocycles.